The molecule has 0 aliphatic carbocycles. The first-order valence-electron chi connectivity index (χ1n) is 4.31. The average molecular weight is 262 g/mol. The zero-order valence-electron chi connectivity index (χ0n) is 7.68. The maximum atomic E-state index is 11.7. The van der Waals surface area contributed by atoms with Crippen LogP contribution >= 0.6 is 0 Å². The van der Waals surface area contributed by atoms with Crippen molar-refractivity contribution in [2.45, 2.75) is 27.7 Å². The summed E-state index contributed by atoms with van der Waals surface area (Å²) in [6.07, 6.45) is 2.43. The molecular formula is C8H17NOSn. The van der Waals surface area contributed by atoms with Gasteiger partial charge < -0.3 is 0 Å². The van der Waals surface area contributed by atoms with Crippen molar-refractivity contribution in [1.29, 1.82) is 0 Å². The Morgan fingerprint density at radius 1 is 1.18 bits per heavy atom. The van der Waals surface area contributed by atoms with E-state index in [1.54, 1.807) is 0 Å². The molecule has 11 heavy (non-hydrogen) atoms. The summed E-state index contributed by atoms with van der Waals surface area (Å²) in [5.41, 5.74) is 0. The van der Waals surface area contributed by atoms with E-state index in [2.05, 4.69) is 19.7 Å². The molecule has 1 fully saturated rings. The zero-order valence-corrected chi connectivity index (χ0v) is 10.5. The van der Waals surface area contributed by atoms with Gasteiger partial charge >= 0.3 is 72.7 Å². The molecule has 64 valence electrons. The van der Waals surface area contributed by atoms with Gasteiger partial charge in [-0.3, -0.25) is 0 Å². The van der Waals surface area contributed by atoms with Crippen molar-refractivity contribution in [2.24, 2.45) is 0 Å². The van der Waals surface area contributed by atoms with Gasteiger partial charge in [-0.2, -0.15) is 0 Å². The predicted molar refractivity (Wildman–Crippen MR) is 49.5 cm³/mol. The molecule has 1 saturated heterocycles. The van der Waals surface area contributed by atoms with Crippen LogP contribution in [0.1, 0.15) is 12.8 Å². The fraction of sp³-hybridized carbons (Fsp3) is 0.875. The van der Waals surface area contributed by atoms with E-state index in [1.807, 2.05) is 0 Å². The SMILES string of the molecule is [CH3][Sn]([CH3])([CH3])[C](=O)N1CCCC1. The minimum atomic E-state index is -2.23. The second kappa shape index (κ2) is 3.33. The standard InChI is InChI=1S/C5H8NO.3CH3.Sn/c7-5-6-3-1-2-4-6;;;;/h1-4H2;3*1H3;. The minimum absolute atomic E-state index is 0.511. The van der Waals surface area contributed by atoms with Gasteiger partial charge in [-0.25, -0.2) is 0 Å². The molecular weight excluding hydrogens is 245 g/mol. The molecule has 0 aromatic rings. The van der Waals surface area contributed by atoms with Gasteiger partial charge in [0.05, 0.1) is 0 Å². The van der Waals surface area contributed by atoms with Crippen LogP contribution in [0.4, 0.5) is 4.79 Å². The van der Waals surface area contributed by atoms with Gasteiger partial charge in [-0.05, 0) is 0 Å². The van der Waals surface area contributed by atoms with Crippen molar-refractivity contribution in [3.63, 3.8) is 0 Å². The summed E-state index contributed by atoms with van der Waals surface area (Å²) in [4.78, 5) is 20.3. The van der Waals surface area contributed by atoms with E-state index in [4.69, 9.17) is 0 Å². The summed E-state index contributed by atoms with van der Waals surface area (Å²) in [7, 11) is 0. The third-order valence-electron chi connectivity index (χ3n) is 2.03. The topological polar surface area (TPSA) is 20.3 Å². The van der Waals surface area contributed by atoms with E-state index < -0.39 is 18.4 Å². The molecule has 0 atom stereocenters. The van der Waals surface area contributed by atoms with E-state index in [1.165, 1.54) is 12.8 Å². The van der Waals surface area contributed by atoms with Crippen LogP contribution in [0.2, 0.25) is 14.8 Å². The second-order valence-corrected chi connectivity index (χ2v) is 18.3. The third kappa shape index (κ3) is 2.35. The Labute approximate surface area is 72.8 Å². The number of carbonyl (C=O) groups excluding carboxylic acids is 1. The fourth-order valence-corrected chi connectivity index (χ4v) is 4.74. The summed E-state index contributed by atoms with van der Waals surface area (Å²) >= 11 is -2.23. The average Bonchev–Trinajstić information content (AvgIpc) is 2.34. The van der Waals surface area contributed by atoms with Crippen molar-refractivity contribution in [1.82, 2.24) is 4.90 Å². The molecule has 0 N–H and O–H groups in total. The fourth-order valence-electron chi connectivity index (χ4n) is 1.39. The Hall–Kier alpha value is 0.269. The van der Waals surface area contributed by atoms with E-state index >= 15 is 0 Å². The Morgan fingerprint density at radius 2 is 1.64 bits per heavy atom. The van der Waals surface area contributed by atoms with Crippen LogP contribution < -0.4 is 0 Å². The molecule has 1 aliphatic heterocycles. The normalized spacial score (nSPS) is 19.0. The van der Waals surface area contributed by atoms with Crippen molar-refractivity contribution in [3.05, 3.63) is 0 Å². The maximum absolute atomic E-state index is 11.7. The molecule has 3 heteroatoms. The van der Waals surface area contributed by atoms with Gasteiger partial charge in [0.25, 0.3) is 0 Å². The molecule has 0 radical (unpaired) electrons. The second-order valence-electron chi connectivity index (χ2n) is 4.25. The summed E-state index contributed by atoms with van der Waals surface area (Å²) in [6.45, 7) is 2.04. The number of amides is 1. The number of hydrogen-bond donors (Lipinski definition) is 0. The Balaban J connectivity index is 2.53. The molecule has 0 aromatic heterocycles. The van der Waals surface area contributed by atoms with Crippen LogP contribution in [0.3, 0.4) is 0 Å². The number of likely N-dealkylation sites (tertiary alicyclic amines) is 1. The van der Waals surface area contributed by atoms with Gasteiger partial charge in [0.2, 0.25) is 0 Å². The van der Waals surface area contributed by atoms with Gasteiger partial charge in [0.1, 0.15) is 0 Å². The Morgan fingerprint density at radius 3 is 2.00 bits per heavy atom. The number of rotatable bonds is 1. The molecule has 1 heterocycles. The first-order chi connectivity index (χ1) is 5.02. The summed E-state index contributed by atoms with van der Waals surface area (Å²) in [5.74, 6) is 0. The van der Waals surface area contributed by atoms with Crippen molar-refractivity contribution >= 4 is 22.3 Å². The van der Waals surface area contributed by atoms with E-state index in [0.29, 0.717) is 3.92 Å². The van der Waals surface area contributed by atoms with Crippen molar-refractivity contribution in [2.75, 3.05) is 13.1 Å². The molecule has 0 bridgehead atoms. The number of nitrogens with zero attached hydrogens (tertiary/aromatic N) is 1. The molecule has 0 saturated carbocycles. The molecule has 1 amide bonds. The van der Waals surface area contributed by atoms with Gasteiger partial charge in [0.15, 0.2) is 0 Å². The van der Waals surface area contributed by atoms with Crippen LogP contribution in [0.25, 0.3) is 0 Å². The van der Waals surface area contributed by atoms with Crippen LogP contribution in [0.5, 0.6) is 0 Å². The number of hydrogen-bond acceptors (Lipinski definition) is 1. The molecule has 0 aromatic carbocycles. The van der Waals surface area contributed by atoms with Crippen molar-refractivity contribution < 1.29 is 4.79 Å². The van der Waals surface area contributed by atoms with Gasteiger partial charge in [-0.1, -0.05) is 0 Å². The zero-order chi connectivity index (χ0) is 8.48. The van der Waals surface area contributed by atoms with Gasteiger partial charge in [-0.15, -0.1) is 0 Å². The third-order valence-corrected chi connectivity index (χ3v) is 6.60. The molecule has 0 spiro atoms. The van der Waals surface area contributed by atoms with Crippen LogP contribution in [0, 0.1) is 0 Å². The van der Waals surface area contributed by atoms with Crippen LogP contribution in [0.15, 0.2) is 0 Å². The summed E-state index contributed by atoms with van der Waals surface area (Å²) < 4.78 is 0.511. The molecule has 1 aliphatic rings. The van der Waals surface area contributed by atoms with Crippen molar-refractivity contribution in [3.8, 4) is 0 Å². The summed E-state index contributed by atoms with van der Waals surface area (Å²) in [6, 6.07) is 0. The molecule has 0 unspecified atom stereocenters. The Kier molecular flexibility index (Phi) is 2.84. The monoisotopic (exact) mass is 263 g/mol. The predicted octanol–water partition coefficient (Wildman–Crippen LogP) is 2.12. The van der Waals surface area contributed by atoms with E-state index in [9.17, 15) is 4.79 Å². The first-order valence-corrected chi connectivity index (χ1v) is 14.3. The van der Waals surface area contributed by atoms with E-state index in [-0.39, 0.29) is 0 Å². The van der Waals surface area contributed by atoms with Gasteiger partial charge in [0, 0.05) is 0 Å². The van der Waals surface area contributed by atoms with E-state index in [0.717, 1.165) is 13.1 Å². The number of carbonyl (C=O) groups is 1. The Bertz CT molecular complexity index is 156. The van der Waals surface area contributed by atoms with Crippen LogP contribution in [-0.2, 0) is 0 Å². The quantitative estimate of drug-likeness (QED) is 0.663. The molecule has 2 nitrogen and oxygen atoms in total. The first kappa shape index (κ1) is 9.36. The van der Waals surface area contributed by atoms with Crippen LogP contribution in [-0.4, -0.2) is 40.3 Å². The molecule has 1 rings (SSSR count). The summed E-state index contributed by atoms with van der Waals surface area (Å²) in [5, 5.41) is 0.